The molecule has 2 aliphatic heterocycles. The number of hydrogen-bond donors (Lipinski definition) is 1. The number of hydrogen-bond acceptors (Lipinski definition) is 4. The number of nitrogens with two attached hydrogens (primary N) is 1. The summed E-state index contributed by atoms with van der Waals surface area (Å²) in [5.74, 6) is 0. The van der Waals surface area contributed by atoms with Crippen LogP contribution in [0.4, 0.5) is 0 Å². The summed E-state index contributed by atoms with van der Waals surface area (Å²) in [6.45, 7) is 6.39. The van der Waals surface area contributed by atoms with Gasteiger partial charge in [0.25, 0.3) is 0 Å². The van der Waals surface area contributed by atoms with E-state index in [9.17, 15) is 0 Å². The Hall–Kier alpha value is -0.840. The molecule has 2 saturated heterocycles. The molecule has 2 heterocycles. The molecule has 0 amide bonds. The summed E-state index contributed by atoms with van der Waals surface area (Å²) in [4.78, 5) is 5.13. The van der Waals surface area contributed by atoms with Crippen LogP contribution in [-0.4, -0.2) is 61.3 Å². The normalized spacial score (nSPS) is 30.5. The Kier molecular flexibility index (Phi) is 4.21. The molecule has 0 radical (unpaired) electrons. The van der Waals surface area contributed by atoms with Crippen LogP contribution in [0, 0.1) is 0 Å². The third-order valence-corrected chi connectivity index (χ3v) is 4.51. The zero-order valence-electron chi connectivity index (χ0n) is 11.6. The number of rotatable bonds is 2. The number of nitrogens with zero attached hydrogens (tertiary/aromatic N) is 2. The van der Waals surface area contributed by atoms with Crippen LogP contribution in [0.25, 0.3) is 0 Å². The topological polar surface area (TPSA) is 41.7 Å². The second kappa shape index (κ2) is 6.07. The van der Waals surface area contributed by atoms with Gasteiger partial charge >= 0.3 is 0 Å². The molecular weight excluding hydrogens is 238 g/mol. The highest BCUT2D eigenvalue weighted by molar-refractivity contribution is 5.24. The van der Waals surface area contributed by atoms with Gasteiger partial charge in [-0.2, -0.15) is 0 Å². The van der Waals surface area contributed by atoms with Crippen LogP contribution in [0.1, 0.15) is 19.3 Å². The van der Waals surface area contributed by atoms with Crippen molar-refractivity contribution in [1.82, 2.24) is 9.80 Å². The molecule has 1 atom stereocenters. The molecule has 106 valence electrons. The van der Waals surface area contributed by atoms with Gasteiger partial charge in [-0.1, -0.05) is 12.2 Å². The average Bonchev–Trinajstić information content (AvgIpc) is 2.49. The Balaban J connectivity index is 1.50. The van der Waals surface area contributed by atoms with Crippen molar-refractivity contribution in [1.29, 1.82) is 0 Å². The molecule has 2 fully saturated rings. The highest BCUT2D eigenvalue weighted by Gasteiger charge is 2.26. The van der Waals surface area contributed by atoms with E-state index in [4.69, 9.17) is 10.5 Å². The largest absolute Gasteiger partial charge is 0.379 e. The molecular formula is C15H25N3O. The first-order chi connectivity index (χ1) is 9.33. The SMILES string of the molecule is NC1C=CC(N2CCC(N3CCOCC3)CC2)=CC1. The lowest BCUT2D eigenvalue weighted by atomic mass is 10.00. The first kappa shape index (κ1) is 13.2. The molecule has 4 nitrogen and oxygen atoms in total. The molecule has 4 heteroatoms. The fourth-order valence-electron chi connectivity index (χ4n) is 3.29. The zero-order valence-corrected chi connectivity index (χ0v) is 11.6. The Bertz CT molecular complexity index is 352. The number of ether oxygens (including phenoxy) is 1. The number of morpholine rings is 1. The smallest absolute Gasteiger partial charge is 0.0594 e. The summed E-state index contributed by atoms with van der Waals surface area (Å²) in [5, 5.41) is 0. The Morgan fingerprint density at radius 2 is 1.84 bits per heavy atom. The molecule has 19 heavy (non-hydrogen) atoms. The van der Waals surface area contributed by atoms with E-state index in [1.165, 1.54) is 31.6 Å². The van der Waals surface area contributed by atoms with Gasteiger partial charge in [-0.05, 0) is 25.3 Å². The minimum absolute atomic E-state index is 0.217. The zero-order chi connectivity index (χ0) is 13.1. The second-order valence-corrected chi connectivity index (χ2v) is 5.75. The van der Waals surface area contributed by atoms with E-state index < -0.39 is 0 Å². The van der Waals surface area contributed by atoms with E-state index in [1.54, 1.807) is 0 Å². The quantitative estimate of drug-likeness (QED) is 0.805. The van der Waals surface area contributed by atoms with Gasteiger partial charge in [0.05, 0.1) is 13.2 Å². The van der Waals surface area contributed by atoms with Crippen LogP contribution in [0.3, 0.4) is 0 Å². The summed E-state index contributed by atoms with van der Waals surface area (Å²) in [5.41, 5.74) is 7.25. The lowest BCUT2D eigenvalue weighted by Crippen LogP contribution is -2.48. The first-order valence-corrected chi connectivity index (χ1v) is 7.53. The van der Waals surface area contributed by atoms with Crippen LogP contribution in [0.5, 0.6) is 0 Å². The van der Waals surface area contributed by atoms with Gasteiger partial charge in [0.1, 0.15) is 0 Å². The molecule has 2 N–H and O–H groups in total. The lowest BCUT2D eigenvalue weighted by molar-refractivity contribution is 0.00364. The second-order valence-electron chi connectivity index (χ2n) is 5.75. The maximum Gasteiger partial charge on any atom is 0.0594 e. The third-order valence-electron chi connectivity index (χ3n) is 4.51. The van der Waals surface area contributed by atoms with E-state index in [-0.39, 0.29) is 6.04 Å². The van der Waals surface area contributed by atoms with Gasteiger partial charge in [-0.3, -0.25) is 4.90 Å². The fourth-order valence-corrected chi connectivity index (χ4v) is 3.29. The highest BCUT2D eigenvalue weighted by atomic mass is 16.5. The molecule has 0 aromatic heterocycles. The molecule has 3 rings (SSSR count). The van der Waals surface area contributed by atoms with Crippen LogP contribution in [0.15, 0.2) is 23.9 Å². The van der Waals surface area contributed by atoms with Gasteiger partial charge in [-0.15, -0.1) is 0 Å². The number of likely N-dealkylation sites (tertiary alicyclic amines) is 1. The van der Waals surface area contributed by atoms with Crippen molar-refractivity contribution in [3.8, 4) is 0 Å². The predicted molar refractivity (Wildman–Crippen MR) is 76.8 cm³/mol. The molecule has 1 aliphatic carbocycles. The van der Waals surface area contributed by atoms with Crippen LogP contribution in [-0.2, 0) is 4.74 Å². The molecule has 0 aromatic carbocycles. The third kappa shape index (κ3) is 3.19. The monoisotopic (exact) mass is 263 g/mol. The van der Waals surface area contributed by atoms with Gasteiger partial charge in [0, 0.05) is 44.0 Å². The van der Waals surface area contributed by atoms with Crippen molar-refractivity contribution in [2.45, 2.75) is 31.3 Å². The standard InChI is InChI=1S/C15H25N3O/c16-13-1-3-14(4-2-13)17-7-5-15(6-8-17)18-9-11-19-12-10-18/h1,3-4,13,15H,2,5-12,16H2. The van der Waals surface area contributed by atoms with Crippen LogP contribution in [0.2, 0.25) is 0 Å². The predicted octanol–water partition coefficient (Wildman–Crippen LogP) is 0.954. The molecule has 0 saturated carbocycles. The average molecular weight is 263 g/mol. The highest BCUT2D eigenvalue weighted by Crippen LogP contribution is 2.23. The van der Waals surface area contributed by atoms with E-state index in [0.717, 1.165) is 38.8 Å². The van der Waals surface area contributed by atoms with Gasteiger partial charge in [-0.25, -0.2) is 0 Å². The van der Waals surface area contributed by atoms with E-state index in [0.29, 0.717) is 0 Å². The van der Waals surface area contributed by atoms with Gasteiger partial charge < -0.3 is 15.4 Å². The summed E-state index contributed by atoms with van der Waals surface area (Å²) in [6.07, 6.45) is 10.1. The van der Waals surface area contributed by atoms with Crippen molar-refractivity contribution in [3.05, 3.63) is 23.9 Å². The maximum absolute atomic E-state index is 5.88. The van der Waals surface area contributed by atoms with E-state index >= 15 is 0 Å². The van der Waals surface area contributed by atoms with E-state index in [1.807, 2.05) is 0 Å². The Morgan fingerprint density at radius 1 is 1.11 bits per heavy atom. The number of allylic oxidation sites excluding steroid dienone is 1. The minimum atomic E-state index is 0.217. The summed E-state index contributed by atoms with van der Waals surface area (Å²) < 4.78 is 5.43. The van der Waals surface area contributed by atoms with Crippen molar-refractivity contribution in [3.63, 3.8) is 0 Å². The molecule has 3 aliphatic rings. The summed E-state index contributed by atoms with van der Waals surface area (Å²) in [6, 6.07) is 0.977. The molecule has 0 bridgehead atoms. The maximum atomic E-state index is 5.88. The fraction of sp³-hybridized carbons (Fsp3) is 0.733. The molecule has 0 aromatic rings. The van der Waals surface area contributed by atoms with E-state index in [2.05, 4.69) is 28.0 Å². The van der Waals surface area contributed by atoms with Gasteiger partial charge in [0.2, 0.25) is 0 Å². The summed E-state index contributed by atoms with van der Waals surface area (Å²) in [7, 11) is 0. The first-order valence-electron chi connectivity index (χ1n) is 7.53. The lowest BCUT2D eigenvalue weighted by Gasteiger charge is -2.41. The summed E-state index contributed by atoms with van der Waals surface area (Å²) >= 11 is 0. The van der Waals surface area contributed by atoms with Crippen molar-refractivity contribution >= 4 is 0 Å². The van der Waals surface area contributed by atoms with Gasteiger partial charge in [0.15, 0.2) is 0 Å². The Morgan fingerprint density at radius 3 is 2.47 bits per heavy atom. The van der Waals surface area contributed by atoms with Crippen molar-refractivity contribution < 1.29 is 4.74 Å². The van der Waals surface area contributed by atoms with Crippen molar-refractivity contribution in [2.75, 3.05) is 39.4 Å². The van der Waals surface area contributed by atoms with Crippen molar-refractivity contribution in [2.24, 2.45) is 5.73 Å². The molecule has 1 unspecified atom stereocenters. The molecule has 0 spiro atoms. The van der Waals surface area contributed by atoms with Crippen LogP contribution < -0.4 is 5.73 Å². The van der Waals surface area contributed by atoms with Crippen LogP contribution >= 0.6 is 0 Å². The number of piperidine rings is 1. The Labute approximate surface area is 115 Å². The minimum Gasteiger partial charge on any atom is -0.379 e.